The SMILES string of the molecule is Cc1ccc(C2CC2)cc1N(C(N)=O)c1nc(-c2cccc(NC(=O)CCNC(=O)OC(C)(C)C)c2)c(C(=O)NCc2ccccc2)s1. The predicted octanol–water partition coefficient (Wildman–Crippen LogP) is 7.00. The molecule has 0 saturated heterocycles. The molecule has 3 aromatic carbocycles. The summed E-state index contributed by atoms with van der Waals surface area (Å²) in [6, 6.07) is 21.8. The fourth-order valence-corrected chi connectivity index (χ4v) is 6.05. The van der Waals surface area contributed by atoms with Gasteiger partial charge >= 0.3 is 12.1 Å². The number of rotatable bonds is 11. The van der Waals surface area contributed by atoms with Gasteiger partial charge in [0.2, 0.25) is 5.91 Å². The third-order valence-corrected chi connectivity index (χ3v) is 8.53. The van der Waals surface area contributed by atoms with Crippen LogP contribution < -0.4 is 26.6 Å². The summed E-state index contributed by atoms with van der Waals surface area (Å²) in [6.07, 6.45) is 1.61. The number of anilines is 3. The Labute approximate surface area is 283 Å². The van der Waals surface area contributed by atoms with Crippen LogP contribution in [0, 0.1) is 6.92 Å². The predicted molar refractivity (Wildman–Crippen MR) is 188 cm³/mol. The molecule has 48 heavy (non-hydrogen) atoms. The summed E-state index contributed by atoms with van der Waals surface area (Å²) in [5.74, 6) is -0.238. The highest BCUT2D eigenvalue weighted by Crippen LogP contribution is 2.43. The Kier molecular flexibility index (Phi) is 10.4. The molecule has 1 saturated carbocycles. The Morgan fingerprint density at radius 3 is 2.42 bits per heavy atom. The van der Waals surface area contributed by atoms with Crippen molar-refractivity contribution in [3.63, 3.8) is 0 Å². The van der Waals surface area contributed by atoms with Gasteiger partial charge in [-0.3, -0.25) is 9.59 Å². The minimum Gasteiger partial charge on any atom is -0.444 e. The van der Waals surface area contributed by atoms with Crippen LogP contribution in [0.2, 0.25) is 0 Å². The van der Waals surface area contributed by atoms with Crippen LogP contribution in [0.4, 0.5) is 26.1 Å². The van der Waals surface area contributed by atoms with Crippen molar-refractivity contribution in [3.05, 3.63) is 94.4 Å². The van der Waals surface area contributed by atoms with E-state index in [1.54, 1.807) is 45.0 Å². The number of hydrogen-bond acceptors (Lipinski definition) is 7. The molecule has 1 fully saturated rings. The van der Waals surface area contributed by atoms with E-state index in [0.29, 0.717) is 35.1 Å². The highest BCUT2D eigenvalue weighted by atomic mass is 32.1. The average Bonchev–Trinajstić information content (AvgIpc) is 3.79. The number of benzene rings is 3. The van der Waals surface area contributed by atoms with E-state index in [1.165, 1.54) is 4.90 Å². The lowest BCUT2D eigenvalue weighted by Gasteiger charge is -2.20. The summed E-state index contributed by atoms with van der Waals surface area (Å²) in [5, 5.41) is 8.62. The van der Waals surface area contributed by atoms with Crippen molar-refractivity contribution in [3.8, 4) is 11.3 Å². The molecule has 5 N–H and O–H groups in total. The first-order chi connectivity index (χ1) is 22.9. The van der Waals surface area contributed by atoms with Gasteiger partial charge in [0.15, 0.2) is 5.13 Å². The Hall–Kier alpha value is -5.23. The second kappa shape index (κ2) is 14.7. The van der Waals surface area contributed by atoms with Gasteiger partial charge in [-0.05, 0) is 81.3 Å². The van der Waals surface area contributed by atoms with E-state index < -0.39 is 17.7 Å². The molecule has 250 valence electrons. The molecule has 0 unspecified atom stereocenters. The minimum atomic E-state index is -0.719. The number of nitrogens with one attached hydrogen (secondary N) is 3. The lowest BCUT2D eigenvalue weighted by Crippen LogP contribution is -2.34. The second-order valence-electron chi connectivity index (χ2n) is 12.6. The van der Waals surface area contributed by atoms with Crippen LogP contribution in [0.25, 0.3) is 11.3 Å². The molecule has 0 bridgehead atoms. The molecule has 1 aliphatic carbocycles. The van der Waals surface area contributed by atoms with E-state index in [4.69, 9.17) is 15.5 Å². The highest BCUT2D eigenvalue weighted by Gasteiger charge is 2.29. The molecule has 1 heterocycles. The number of hydrogen-bond donors (Lipinski definition) is 4. The summed E-state index contributed by atoms with van der Waals surface area (Å²) < 4.78 is 5.21. The Balaban J connectivity index is 1.42. The number of aromatic nitrogens is 1. The molecular weight excluding hydrogens is 629 g/mol. The molecule has 0 atom stereocenters. The van der Waals surface area contributed by atoms with E-state index in [-0.39, 0.29) is 34.8 Å². The number of nitrogens with zero attached hydrogens (tertiary/aromatic N) is 2. The monoisotopic (exact) mass is 668 g/mol. The van der Waals surface area contributed by atoms with Crippen molar-refractivity contribution >= 4 is 51.8 Å². The zero-order valence-corrected chi connectivity index (χ0v) is 28.3. The van der Waals surface area contributed by atoms with Crippen molar-refractivity contribution in [1.29, 1.82) is 0 Å². The first kappa shape index (κ1) is 34.1. The maximum Gasteiger partial charge on any atom is 0.407 e. The summed E-state index contributed by atoms with van der Waals surface area (Å²) >= 11 is 1.07. The molecule has 1 aromatic heterocycles. The molecule has 5 rings (SSSR count). The average molecular weight is 669 g/mol. The van der Waals surface area contributed by atoms with Gasteiger partial charge in [0, 0.05) is 30.8 Å². The normalized spacial score (nSPS) is 12.6. The van der Waals surface area contributed by atoms with Crippen molar-refractivity contribution in [1.82, 2.24) is 15.6 Å². The maximum absolute atomic E-state index is 13.7. The zero-order valence-electron chi connectivity index (χ0n) is 27.5. The van der Waals surface area contributed by atoms with Crippen LogP contribution in [0.5, 0.6) is 0 Å². The number of thiazole rings is 1. The summed E-state index contributed by atoms with van der Waals surface area (Å²) in [4.78, 5) is 57.8. The van der Waals surface area contributed by atoms with Crippen LogP contribution >= 0.6 is 11.3 Å². The van der Waals surface area contributed by atoms with Crippen LogP contribution in [0.15, 0.2) is 72.8 Å². The van der Waals surface area contributed by atoms with E-state index in [1.807, 2.05) is 49.4 Å². The second-order valence-corrected chi connectivity index (χ2v) is 13.6. The number of amides is 5. The van der Waals surface area contributed by atoms with Gasteiger partial charge < -0.3 is 26.4 Å². The fraction of sp³-hybridized carbons (Fsp3) is 0.306. The molecular formula is C36H40N6O5S. The highest BCUT2D eigenvalue weighted by molar-refractivity contribution is 7.18. The topological polar surface area (TPSA) is 156 Å². The number of alkyl carbamates (subject to hydrolysis) is 1. The molecule has 4 aromatic rings. The van der Waals surface area contributed by atoms with Gasteiger partial charge in [0.05, 0.1) is 11.4 Å². The van der Waals surface area contributed by atoms with E-state index in [0.717, 1.165) is 40.9 Å². The van der Waals surface area contributed by atoms with Crippen molar-refractivity contribution in [2.24, 2.45) is 5.73 Å². The fourth-order valence-electron chi connectivity index (χ4n) is 5.03. The van der Waals surface area contributed by atoms with Crippen molar-refractivity contribution < 1.29 is 23.9 Å². The lowest BCUT2D eigenvalue weighted by atomic mass is 10.1. The number of carbonyl (C=O) groups excluding carboxylic acids is 4. The first-order valence-electron chi connectivity index (χ1n) is 15.8. The van der Waals surface area contributed by atoms with E-state index >= 15 is 0 Å². The minimum absolute atomic E-state index is 0.0182. The smallest absolute Gasteiger partial charge is 0.407 e. The molecule has 12 heteroatoms. The summed E-state index contributed by atoms with van der Waals surface area (Å²) in [5.41, 5.74) is 10.2. The van der Waals surface area contributed by atoms with Crippen LogP contribution in [-0.2, 0) is 16.1 Å². The van der Waals surface area contributed by atoms with Gasteiger partial charge in [-0.15, -0.1) is 0 Å². The third kappa shape index (κ3) is 8.97. The molecule has 0 radical (unpaired) electrons. The number of primary amides is 1. The van der Waals surface area contributed by atoms with Crippen molar-refractivity contribution in [2.45, 2.75) is 65.0 Å². The van der Waals surface area contributed by atoms with Crippen LogP contribution in [0.1, 0.15) is 72.3 Å². The largest absolute Gasteiger partial charge is 0.444 e. The van der Waals surface area contributed by atoms with Gasteiger partial charge in [-0.2, -0.15) is 0 Å². The van der Waals surface area contributed by atoms with Gasteiger partial charge in [0.1, 0.15) is 10.5 Å². The van der Waals surface area contributed by atoms with E-state index in [9.17, 15) is 19.2 Å². The van der Waals surface area contributed by atoms with Gasteiger partial charge in [-0.25, -0.2) is 19.5 Å². The third-order valence-electron chi connectivity index (χ3n) is 7.49. The molecule has 5 amide bonds. The van der Waals surface area contributed by atoms with Gasteiger partial charge in [0.25, 0.3) is 5.91 Å². The number of nitrogens with two attached hydrogens (primary N) is 1. The van der Waals surface area contributed by atoms with Crippen LogP contribution in [-0.4, -0.2) is 41.1 Å². The maximum atomic E-state index is 13.7. The van der Waals surface area contributed by atoms with E-state index in [2.05, 4.69) is 22.0 Å². The number of aryl methyl sites for hydroxylation is 1. The Bertz CT molecular complexity index is 1810. The van der Waals surface area contributed by atoms with Crippen molar-refractivity contribution in [2.75, 3.05) is 16.8 Å². The first-order valence-corrected chi connectivity index (χ1v) is 16.6. The Morgan fingerprint density at radius 1 is 0.979 bits per heavy atom. The molecule has 1 aliphatic rings. The summed E-state index contributed by atoms with van der Waals surface area (Å²) in [7, 11) is 0. The number of carbonyl (C=O) groups is 4. The number of ether oxygens (including phenoxy) is 1. The molecule has 11 nitrogen and oxygen atoms in total. The molecule has 0 spiro atoms. The van der Waals surface area contributed by atoms with Crippen LogP contribution in [0.3, 0.4) is 0 Å². The number of urea groups is 1. The quantitative estimate of drug-likeness (QED) is 0.135. The lowest BCUT2D eigenvalue weighted by molar-refractivity contribution is -0.116. The summed E-state index contributed by atoms with van der Waals surface area (Å²) in [6.45, 7) is 7.56. The Morgan fingerprint density at radius 2 is 1.73 bits per heavy atom. The van der Waals surface area contributed by atoms with Gasteiger partial charge in [-0.1, -0.05) is 65.9 Å². The zero-order chi connectivity index (χ0) is 34.4. The standard InChI is InChI=1S/C36H40N6O5S/c1-22-13-14-25(24-15-16-24)20-28(22)42(33(37)45)34-41-30(31(48-34)32(44)39-21-23-9-6-5-7-10-23)26-11-8-12-27(19-26)40-29(43)17-18-38-35(46)47-36(2,3)4/h5-14,19-20,24H,15-18,21H2,1-4H3,(H2,37,45)(H,38,46)(H,39,44)(H,40,43). The molecule has 0 aliphatic heterocycles.